The van der Waals surface area contributed by atoms with E-state index < -0.39 is 85.1 Å². The van der Waals surface area contributed by atoms with E-state index in [0.717, 1.165) is 0 Å². The van der Waals surface area contributed by atoms with E-state index in [1.54, 1.807) is 13.8 Å². The van der Waals surface area contributed by atoms with Gasteiger partial charge in [0.1, 0.15) is 18.1 Å². The minimum absolute atomic E-state index is 0.00949. The SMILES string of the molecule is CC(C)C[C@H](NC(=O)[C@H](C)NC(=O)CNC(=O)[C@H](CCC(=O)O)NC(=O)[C@@H](N)CC(=O)O)C(=O)O. The van der Waals surface area contributed by atoms with Gasteiger partial charge in [0.05, 0.1) is 19.0 Å². The van der Waals surface area contributed by atoms with Crippen LogP contribution in [0.5, 0.6) is 0 Å². The van der Waals surface area contributed by atoms with Gasteiger partial charge >= 0.3 is 17.9 Å². The molecule has 0 rings (SSSR count). The fourth-order valence-electron chi connectivity index (χ4n) is 2.73. The molecule has 4 amide bonds. The molecule has 0 aromatic rings. The Morgan fingerprint density at radius 2 is 1.34 bits per heavy atom. The Kier molecular flexibility index (Phi) is 13.6. The largest absolute Gasteiger partial charge is 0.481 e. The van der Waals surface area contributed by atoms with Crippen molar-refractivity contribution in [3.8, 4) is 0 Å². The predicted octanol–water partition coefficient (Wildman–Crippen LogP) is -2.63. The molecule has 0 saturated heterocycles. The highest BCUT2D eigenvalue weighted by atomic mass is 16.4. The zero-order valence-corrected chi connectivity index (χ0v) is 19.7. The quantitative estimate of drug-likeness (QED) is 0.108. The summed E-state index contributed by atoms with van der Waals surface area (Å²) >= 11 is 0. The molecule has 0 bridgehead atoms. The van der Waals surface area contributed by atoms with E-state index in [0.29, 0.717) is 0 Å². The number of nitrogens with one attached hydrogen (secondary N) is 4. The molecule has 0 aliphatic heterocycles. The number of rotatable bonds is 16. The van der Waals surface area contributed by atoms with Crippen LogP contribution in [-0.2, 0) is 33.6 Å². The maximum Gasteiger partial charge on any atom is 0.326 e. The summed E-state index contributed by atoms with van der Waals surface area (Å²) in [7, 11) is 0. The number of carboxylic acids is 3. The van der Waals surface area contributed by atoms with Gasteiger partial charge in [0, 0.05) is 6.42 Å². The van der Waals surface area contributed by atoms with E-state index in [1.165, 1.54) is 6.92 Å². The van der Waals surface area contributed by atoms with Gasteiger partial charge in [-0.15, -0.1) is 0 Å². The first-order chi connectivity index (χ1) is 16.1. The molecule has 35 heavy (non-hydrogen) atoms. The molecule has 0 heterocycles. The third kappa shape index (κ3) is 13.5. The lowest BCUT2D eigenvalue weighted by Crippen LogP contribution is -2.54. The third-order valence-electron chi connectivity index (χ3n) is 4.53. The van der Waals surface area contributed by atoms with E-state index in [9.17, 15) is 38.7 Å². The number of aliphatic carboxylic acids is 3. The van der Waals surface area contributed by atoms with Crippen molar-refractivity contribution in [1.29, 1.82) is 0 Å². The van der Waals surface area contributed by atoms with Crippen molar-refractivity contribution in [3.05, 3.63) is 0 Å². The van der Waals surface area contributed by atoms with Gasteiger partial charge in [-0.25, -0.2) is 4.79 Å². The molecule has 0 aliphatic carbocycles. The minimum Gasteiger partial charge on any atom is -0.481 e. The standard InChI is InChI=1S/C20H33N5O10/c1-9(2)6-13(20(34)35)25-17(31)10(3)23-14(26)8-22-19(33)12(4-5-15(27)28)24-18(32)11(21)7-16(29)30/h9-13H,4-8,21H2,1-3H3,(H,22,33)(H,23,26)(H,24,32)(H,25,31)(H,27,28)(H,29,30)(H,34,35)/t10-,11-,12-,13-/m0/s1. The Labute approximate surface area is 201 Å². The van der Waals surface area contributed by atoms with Gasteiger partial charge in [0.2, 0.25) is 23.6 Å². The maximum atomic E-state index is 12.4. The average Bonchev–Trinajstić information content (AvgIpc) is 2.72. The van der Waals surface area contributed by atoms with E-state index >= 15 is 0 Å². The molecule has 0 aliphatic rings. The molecule has 9 N–H and O–H groups in total. The first-order valence-electron chi connectivity index (χ1n) is 10.7. The average molecular weight is 504 g/mol. The second-order valence-electron chi connectivity index (χ2n) is 8.23. The fraction of sp³-hybridized carbons (Fsp3) is 0.650. The van der Waals surface area contributed by atoms with Gasteiger partial charge in [0.15, 0.2) is 0 Å². The topological polar surface area (TPSA) is 254 Å². The van der Waals surface area contributed by atoms with Gasteiger partial charge in [0.25, 0.3) is 0 Å². The second kappa shape index (κ2) is 15.2. The van der Waals surface area contributed by atoms with E-state index in [2.05, 4.69) is 21.3 Å². The lowest BCUT2D eigenvalue weighted by Gasteiger charge is -2.21. The van der Waals surface area contributed by atoms with Crippen molar-refractivity contribution >= 4 is 41.5 Å². The Morgan fingerprint density at radius 1 is 0.771 bits per heavy atom. The minimum atomic E-state index is -1.49. The predicted molar refractivity (Wildman–Crippen MR) is 119 cm³/mol. The van der Waals surface area contributed by atoms with Crippen molar-refractivity contribution in [2.24, 2.45) is 11.7 Å². The van der Waals surface area contributed by atoms with Crippen LogP contribution in [0.15, 0.2) is 0 Å². The zero-order chi connectivity index (χ0) is 27.3. The lowest BCUT2D eigenvalue weighted by molar-refractivity contribution is -0.142. The Hall–Kier alpha value is -3.75. The lowest BCUT2D eigenvalue weighted by atomic mass is 10.0. The summed E-state index contributed by atoms with van der Waals surface area (Å²) in [5.74, 6) is -7.35. The van der Waals surface area contributed by atoms with Crippen LogP contribution < -0.4 is 27.0 Å². The molecule has 0 saturated carbocycles. The van der Waals surface area contributed by atoms with Crippen LogP contribution in [0.1, 0.15) is 46.5 Å². The third-order valence-corrected chi connectivity index (χ3v) is 4.53. The van der Waals surface area contributed by atoms with Gasteiger partial charge in [-0.05, 0) is 25.7 Å². The van der Waals surface area contributed by atoms with Crippen molar-refractivity contribution in [2.75, 3.05) is 6.54 Å². The number of carbonyl (C=O) groups is 7. The smallest absolute Gasteiger partial charge is 0.326 e. The van der Waals surface area contributed by atoms with Gasteiger partial charge in [-0.2, -0.15) is 0 Å². The highest BCUT2D eigenvalue weighted by Gasteiger charge is 2.27. The number of carbonyl (C=O) groups excluding carboxylic acids is 4. The summed E-state index contributed by atoms with van der Waals surface area (Å²) < 4.78 is 0. The number of nitrogens with two attached hydrogens (primary N) is 1. The monoisotopic (exact) mass is 503 g/mol. The molecular weight excluding hydrogens is 470 g/mol. The van der Waals surface area contributed by atoms with Crippen LogP contribution in [0.4, 0.5) is 0 Å². The van der Waals surface area contributed by atoms with Crippen molar-refractivity contribution in [2.45, 2.75) is 70.6 Å². The van der Waals surface area contributed by atoms with Crippen LogP contribution in [0.25, 0.3) is 0 Å². The molecule has 198 valence electrons. The van der Waals surface area contributed by atoms with Crippen molar-refractivity contribution in [1.82, 2.24) is 21.3 Å². The highest BCUT2D eigenvalue weighted by Crippen LogP contribution is 2.05. The zero-order valence-electron chi connectivity index (χ0n) is 19.7. The van der Waals surface area contributed by atoms with E-state index in [1.807, 2.05) is 0 Å². The van der Waals surface area contributed by atoms with Crippen LogP contribution in [0.3, 0.4) is 0 Å². The second-order valence-corrected chi connectivity index (χ2v) is 8.23. The highest BCUT2D eigenvalue weighted by molar-refractivity contribution is 5.94. The molecule has 0 spiro atoms. The molecule has 15 nitrogen and oxygen atoms in total. The Morgan fingerprint density at radius 3 is 1.83 bits per heavy atom. The molecule has 4 atom stereocenters. The summed E-state index contributed by atoms with van der Waals surface area (Å²) in [6.45, 7) is 4.22. The Bertz CT molecular complexity index is 816. The first-order valence-corrected chi connectivity index (χ1v) is 10.7. The molecule has 0 unspecified atom stereocenters. The number of hydrogen-bond donors (Lipinski definition) is 8. The van der Waals surface area contributed by atoms with Gasteiger partial charge in [-0.1, -0.05) is 13.8 Å². The summed E-state index contributed by atoms with van der Waals surface area (Å²) in [4.78, 5) is 81.5. The van der Waals surface area contributed by atoms with Gasteiger partial charge < -0.3 is 42.3 Å². The summed E-state index contributed by atoms with van der Waals surface area (Å²) in [5, 5.41) is 35.7. The molecule has 15 heteroatoms. The maximum absolute atomic E-state index is 12.4. The summed E-state index contributed by atoms with van der Waals surface area (Å²) in [6, 6.07) is -5.18. The normalized spacial score (nSPS) is 14.1. The Balaban J connectivity index is 4.93. The van der Waals surface area contributed by atoms with Crippen LogP contribution in [0.2, 0.25) is 0 Å². The van der Waals surface area contributed by atoms with Gasteiger partial charge in [-0.3, -0.25) is 28.8 Å². The summed E-state index contributed by atoms with van der Waals surface area (Å²) in [6.07, 6.45) is -1.42. The van der Waals surface area contributed by atoms with Crippen molar-refractivity contribution < 1.29 is 48.9 Å². The van der Waals surface area contributed by atoms with Crippen LogP contribution in [-0.4, -0.2) is 87.6 Å². The fourth-order valence-corrected chi connectivity index (χ4v) is 2.73. The molecule has 0 radical (unpaired) electrons. The number of carboxylic acid groups (broad SMARTS) is 3. The van der Waals surface area contributed by atoms with E-state index in [-0.39, 0.29) is 18.8 Å². The molecule has 0 aromatic carbocycles. The summed E-state index contributed by atoms with van der Waals surface area (Å²) in [5.41, 5.74) is 5.43. The molecule has 0 fully saturated rings. The first kappa shape index (κ1) is 31.2. The molecule has 0 aromatic heterocycles. The van der Waals surface area contributed by atoms with E-state index in [4.69, 9.17) is 15.9 Å². The molecular formula is C20H33N5O10. The van der Waals surface area contributed by atoms with Crippen molar-refractivity contribution in [3.63, 3.8) is 0 Å². The van der Waals surface area contributed by atoms with Crippen LogP contribution in [0, 0.1) is 5.92 Å². The number of amides is 4. The number of hydrogen-bond acceptors (Lipinski definition) is 8. The van der Waals surface area contributed by atoms with Crippen LogP contribution >= 0.6 is 0 Å².